The number of alkyl halides is 4. The zero-order valence-corrected chi connectivity index (χ0v) is 11.8. The number of hydrogen-bond acceptors (Lipinski definition) is 4. The monoisotopic (exact) mass is 395 g/mol. The summed E-state index contributed by atoms with van der Waals surface area (Å²) in [5, 5.41) is 0. The van der Waals surface area contributed by atoms with E-state index in [-0.39, 0.29) is 20.7 Å². The quantitative estimate of drug-likeness (QED) is 0.448. The minimum absolute atomic E-state index is 0.0324. The number of methoxy groups -OCH3 is 1. The summed E-state index contributed by atoms with van der Waals surface area (Å²) in [6, 6.07) is 0. The van der Waals surface area contributed by atoms with Crippen molar-refractivity contribution in [2.24, 2.45) is 0 Å². The van der Waals surface area contributed by atoms with E-state index in [9.17, 15) is 18.0 Å². The van der Waals surface area contributed by atoms with E-state index in [0.717, 1.165) is 13.3 Å². The van der Waals surface area contributed by atoms with Crippen molar-refractivity contribution in [3.05, 3.63) is 21.0 Å². The van der Waals surface area contributed by atoms with Crippen molar-refractivity contribution in [3.63, 3.8) is 0 Å². The van der Waals surface area contributed by atoms with Gasteiger partial charge in [0.2, 0.25) is 0 Å². The van der Waals surface area contributed by atoms with Crippen molar-refractivity contribution in [1.29, 1.82) is 0 Å². The number of nitrogens with zero attached hydrogens (tertiary/aromatic N) is 1. The Balaban J connectivity index is 3.25. The average molecular weight is 396 g/mol. The third-order valence-electron chi connectivity index (χ3n) is 1.82. The van der Waals surface area contributed by atoms with Crippen molar-refractivity contribution in [2.45, 2.75) is 12.2 Å². The maximum atomic E-state index is 12.1. The first-order valence-corrected chi connectivity index (χ1v) is 5.99. The van der Waals surface area contributed by atoms with Gasteiger partial charge in [0.1, 0.15) is 0 Å². The third-order valence-corrected chi connectivity index (χ3v) is 3.25. The summed E-state index contributed by atoms with van der Waals surface area (Å²) in [6.45, 7) is 0. The summed E-state index contributed by atoms with van der Waals surface area (Å²) in [5.74, 6) is -1.55. The highest BCUT2D eigenvalue weighted by molar-refractivity contribution is 14.1. The summed E-state index contributed by atoms with van der Waals surface area (Å²) in [6.07, 6.45) is -4.06. The minimum Gasteiger partial charge on any atom is -0.464 e. The van der Waals surface area contributed by atoms with Crippen molar-refractivity contribution in [2.75, 3.05) is 7.11 Å². The summed E-state index contributed by atoms with van der Waals surface area (Å²) < 4.78 is 44.8. The molecule has 1 heterocycles. The predicted octanol–water partition coefficient (Wildman–Crippen LogP) is 3.11. The van der Waals surface area contributed by atoms with E-state index in [0.29, 0.717) is 0 Å². The Morgan fingerprint density at radius 1 is 1.56 bits per heavy atom. The van der Waals surface area contributed by atoms with Gasteiger partial charge in [0.25, 0.3) is 0 Å². The maximum absolute atomic E-state index is 12.1. The van der Waals surface area contributed by atoms with Crippen LogP contribution in [0.4, 0.5) is 13.2 Å². The lowest BCUT2D eigenvalue weighted by Crippen LogP contribution is -2.19. The van der Waals surface area contributed by atoms with E-state index < -0.39 is 18.1 Å². The van der Waals surface area contributed by atoms with E-state index in [1.54, 1.807) is 22.6 Å². The lowest BCUT2D eigenvalue weighted by atomic mass is 10.2. The normalized spacial score (nSPS) is 11.2. The van der Waals surface area contributed by atoms with Crippen LogP contribution in [0.2, 0.25) is 0 Å². The number of esters is 1. The van der Waals surface area contributed by atoms with Gasteiger partial charge in [-0.1, -0.05) is 0 Å². The SMILES string of the molecule is COC(=O)c1ncc(OC(F)(F)F)c(CCl)c1I. The summed E-state index contributed by atoms with van der Waals surface area (Å²) >= 11 is 7.22. The lowest BCUT2D eigenvalue weighted by molar-refractivity contribution is -0.275. The smallest absolute Gasteiger partial charge is 0.464 e. The lowest BCUT2D eigenvalue weighted by Gasteiger charge is -2.14. The van der Waals surface area contributed by atoms with Crippen LogP contribution in [-0.2, 0) is 10.6 Å². The Bertz CT molecular complexity index is 467. The molecule has 0 atom stereocenters. The predicted molar refractivity (Wildman–Crippen MR) is 64.5 cm³/mol. The first-order valence-electron chi connectivity index (χ1n) is 4.37. The molecule has 0 bridgehead atoms. The Kier molecular flexibility index (Phi) is 5.02. The maximum Gasteiger partial charge on any atom is 0.573 e. The zero-order chi connectivity index (χ0) is 13.9. The van der Waals surface area contributed by atoms with Crippen molar-refractivity contribution in [1.82, 2.24) is 4.98 Å². The van der Waals surface area contributed by atoms with Crippen LogP contribution < -0.4 is 4.74 Å². The Hall–Kier alpha value is -0.770. The van der Waals surface area contributed by atoms with Crippen LogP contribution in [0.5, 0.6) is 5.75 Å². The molecule has 1 aromatic heterocycles. The molecule has 18 heavy (non-hydrogen) atoms. The van der Waals surface area contributed by atoms with E-state index in [1.165, 1.54) is 0 Å². The highest BCUT2D eigenvalue weighted by Crippen LogP contribution is 2.31. The standard InChI is InChI=1S/C9H6ClF3INO3/c1-17-8(16)7-6(14)4(2-10)5(3-15-7)18-9(11,12)13/h3H,2H2,1H3. The Morgan fingerprint density at radius 3 is 2.61 bits per heavy atom. The number of aromatic nitrogens is 1. The molecule has 0 spiro atoms. The van der Waals surface area contributed by atoms with E-state index in [1.807, 2.05) is 0 Å². The minimum atomic E-state index is -4.85. The number of hydrogen-bond donors (Lipinski definition) is 0. The van der Waals surface area contributed by atoms with Gasteiger partial charge in [0.05, 0.1) is 22.8 Å². The second-order valence-corrected chi connectivity index (χ2v) is 4.28. The third kappa shape index (κ3) is 3.61. The van der Waals surface area contributed by atoms with Gasteiger partial charge in [-0.05, 0) is 22.6 Å². The molecule has 0 aliphatic rings. The molecule has 0 radical (unpaired) electrons. The fraction of sp³-hybridized carbons (Fsp3) is 0.333. The first-order chi connectivity index (χ1) is 8.30. The summed E-state index contributed by atoms with van der Waals surface area (Å²) in [4.78, 5) is 14.9. The largest absolute Gasteiger partial charge is 0.573 e. The highest BCUT2D eigenvalue weighted by Gasteiger charge is 2.33. The van der Waals surface area contributed by atoms with Crippen LogP contribution >= 0.6 is 34.2 Å². The molecule has 0 aliphatic carbocycles. The molecule has 0 unspecified atom stereocenters. The molecular formula is C9H6ClF3INO3. The van der Waals surface area contributed by atoms with E-state index >= 15 is 0 Å². The van der Waals surface area contributed by atoms with Crippen LogP contribution in [-0.4, -0.2) is 24.4 Å². The topological polar surface area (TPSA) is 48.4 Å². The number of carbonyl (C=O) groups is 1. The molecule has 0 amide bonds. The number of rotatable bonds is 3. The van der Waals surface area contributed by atoms with Gasteiger partial charge < -0.3 is 9.47 Å². The first kappa shape index (κ1) is 15.3. The van der Waals surface area contributed by atoms with Crippen LogP contribution in [0, 0.1) is 3.57 Å². The van der Waals surface area contributed by atoms with Crippen LogP contribution in [0.3, 0.4) is 0 Å². The molecule has 100 valence electrons. The van der Waals surface area contributed by atoms with E-state index in [2.05, 4.69) is 14.5 Å². The van der Waals surface area contributed by atoms with Crippen molar-refractivity contribution >= 4 is 40.2 Å². The van der Waals surface area contributed by atoms with Crippen LogP contribution in [0.15, 0.2) is 6.20 Å². The van der Waals surface area contributed by atoms with E-state index in [4.69, 9.17) is 11.6 Å². The second-order valence-electron chi connectivity index (χ2n) is 2.94. The zero-order valence-electron chi connectivity index (χ0n) is 8.85. The van der Waals surface area contributed by atoms with Crippen molar-refractivity contribution in [3.8, 4) is 5.75 Å². The molecule has 4 nitrogen and oxygen atoms in total. The van der Waals surface area contributed by atoms with Gasteiger partial charge in [-0.2, -0.15) is 0 Å². The Morgan fingerprint density at radius 2 is 2.17 bits per heavy atom. The molecule has 0 aliphatic heterocycles. The molecule has 0 aromatic carbocycles. The molecule has 0 fully saturated rings. The average Bonchev–Trinajstić information content (AvgIpc) is 2.26. The molecular weight excluding hydrogens is 389 g/mol. The second kappa shape index (κ2) is 5.91. The van der Waals surface area contributed by atoms with Crippen LogP contribution in [0.25, 0.3) is 0 Å². The molecule has 0 saturated carbocycles. The summed E-state index contributed by atoms with van der Waals surface area (Å²) in [5.41, 5.74) is -0.0757. The number of pyridine rings is 1. The Labute approximate surface area is 119 Å². The van der Waals surface area contributed by atoms with Gasteiger partial charge >= 0.3 is 12.3 Å². The number of ether oxygens (including phenoxy) is 2. The molecule has 9 heteroatoms. The van der Waals surface area contributed by atoms with Gasteiger partial charge in [0, 0.05) is 5.56 Å². The molecule has 0 saturated heterocycles. The summed E-state index contributed by atoms with van der Waals surface area (Å²) in [7, 11) is 1.14. The molecule has 1 aromatic rings. The fourth-order valence-electron chi connectivity index (χ4n) is 1.08. The highest BCUT2D eigenvalue weighted by atomic mass is 127. The number of halogens is 5. The molecule has 0 N–H and O–H groups in total. The number of carbonyl (C=O) groups excluding carboxylic acids is 1. The van der Waals surface area contributed by atoms with Gasteiger partial charge in [0.15, 0.2) is 11.4 Å². The van der Waals surface area contributed by atoms with Crippen LogP contribution in [0.1, 0.15) is 16.1 Å². The molecule has 1 rings (SSSR count). The van der Waals surface area contributed by atoms with Gasteiger partial charge in [-0.3, -0.25) is 0 Å². The van der Waals surface area contributed by atoms with Gasteiger partial charge in [-0.25, -0.2) is 9.78 Å². The fourth-order valence-corrected chi connectivity index (χ4v) is 2.39. The van der Waals surface area contributed by atoms with Crippen molar-refractivity contribution < 1.29 is 27.4 Å². The van der Waals surface area contributed by atoms with Gasteiger partial charge in [-0.15, -0.1) is 24.8 Å².